The predicted octanol–water partition coefficient (Wildman–Crippen LogP) is 6.08. The Bertz CT molecular complexity index is 1030. The van der Waals surface area contributed by atoms with Crippen LogP contribution in [0.1, 0.15) is 5.56 Å². The van der Waals surface area contributed by atoms with Gasteiger partial charge in [-0.25, -0.2) is 9.97 Å². The van der Waals surface area contributed by atoms with E-state index in [-0.39, 0.29) is 0 Å². The topological polar surface area (TPSA) is 37.8 Å². The van der Waals surface area contributed by atoms with Crippen LogP contribution in [0.5, 0.6) is 0 Å². The van der Waals surface area contributed by atoms with Gasteiger partial charge in [-0.1, -0.05) is 84.4 Å². The Balaban J connectivity index is 1.72. The van der Waals surface area contributed by atoms with Crippen molar-refractivity contribution in [1.82, 2.24) is 9.97 Å². The molecule has 3 aromatic carbocycles. The van der Waals surface area contributed by atoms with Crippen molar-refractivity contribution in [2.24, 2.45) is 0 Å². The van der Waals surface area contributed by atoms with E-state index in [2.05, 4.69) is 34.6 Å². The molecule has 0 radical (unpaired) electrons. The maximum atomic E-state index is 6.19. The monoisotopic (exact) mass is 371 g/mol. The van der Waals surface area contributed by atoms with Gasteiger partial charge < -0.3 is 5.32 Å². The highest BCUT2D eigenvalue weighted by molar-refractivity contribution is 6.30. The average molecular weight is 372 g/mol. The van der Waals surface area contributed by atoms with Crippen molar-refractivity contribution in [2.45, 2.75) is 6.54 Å². The van der Waals surface area contributed by atoms with Crippen LogP contribution < -0.4 is 5.32 Å². The molecule has 4 heteroatoms. The summed E-state index contributed by atoms with van der Waals surface area (Å²) < 4.78 is 0. The number of rotatable bonds is 5. The largest absolute Gasteiger partial charge is 0.350 e. The van der Waals surface area contributed by atoms with Crippen LogP contribution >= 0.6 is 11.6 Å². The minimum Gasteiger partial charge on any atom is -0.350 e. The van der Waals surface area contributed by atoms with Crippen molar-refractivity contribution in [2.75, 3.05) is 5.32 Å². The zero-order chi connectivity index (χ0) is 18.5. The molecule has 4 aromatic rings. The Labute approximate surface area is 163 Å². The first kappa shape index (κ1) is 17.3. The molecule has 4 rings (SSSR count). The van der Waals surface area contributed by atoms with Crippen molar-refractivity contribution in [1.29, 1.82) is 0 Å². The molecule has 0 atom stereocenters. The summed E-state index contributed by atoms with van der Waals surface area (Å²) in [6.07, 6.45) is 1.86. The van der Waals surface area contributed by atoms with Crippen LogP contribution in [0.3, 0.4) is 0 Å². The van der Waals surface area contributed by atoms with Gasteiger partial charge in [0, 0.05) is 28.9 Å². The number of nitrogens with one attached hydrogen (secondary N) is 1. The normalized spacial score (nSPS) is 10.6. The Morgan fingerprint density at radius 1 is 0.778 bits per heavy atom. The zero-order valence-corrected chi connectivity index (χ0v) is 15.4. The first-order valence-corrected chi connectivity index (χ1v) is 9.13. The van der Waals surface area contributed by atoms with Crippen LogP contribution in [0.4, 0.5) is 5.95 Å². The van der Waals surface area contributed by atoms with Crippen LogP contribution in [-0.2, 0) is 6.54 Å². The quantitative estimate of drug-likeness (QED) is 0.462. The summed E-state index contributed by atoms with van der Waals surface area (Å²) in [5, 5.41) is 4.01. The molecule has 0 bridgehead atoms. The van der Waals surface area contributed by atoms with Gasteiger partial charge in [0.05, 0.1) is 5.69 Å². The number of hydrogen-bond donors (Lipinski definition) is 1. The lowest BCUT2D eigenvalue weighted by Crippen LogP contribution is -2.05. The number of anilines is 1. The number of aromatic nitrogens is 2. The number of nitrogens with zero attached hydrogens (tertiary/aromatic N) is 2. The molecule has 0 aliphatic heterocycles. The fraction of sp³-hybridized carbons (Fsp3) is 0.0435. The van der Waals surface area contributed by atoms with E-state index in [0.717, 1.165) is 22.4 Å². The summed E-state index contributed by atoms with van der Waals surface area (Å²) in [5.41, 5.74) is 5.05. The van der Waals surface area contributed by atoms with Gasteiger partial charge in [0.1, 0.15) is 0 Å². The summed E-state index contributed by atoms with van der Waals surface area (Å²) in [6, 6.07) is 28.1. The van der Waals surface area contributed by atoms with Crippen molar-refractivity contribution in [3.8, 4) is 22.4 Å². The summed E-state index contributed by atoms with van der Waals surface area (Å²) in [7, 11) is 0. The molecule has 0 saturated carbocycles. The predicted molar refractivity (Wildman–Crippen MR) is 112 cm³/mol. The van der Waals surface area contributed by atoms with Crippen LogP contribution in [0.25, 0.3) is 22.4 Å². The minimum absolute atomic E-state index is 0.600. The first-order chi connectivity index (χ1) is 13.3. The zero-order valence-electron chi connectivity index (χ0n) is 14.6. The van der Waals surface area contributed by atoms with E-state index in [9.17, 15) is 0 Å². The summed E-state index contributed by atoms with van der Waals surface area (Å²) in [6.45, 7) is 0.672. The maximum Gasteiger partial charge on any atom is 0.223 e. The van der Waals surface area contributed by atoms with Crippen molar-refractivity contribution < 1.29 is 0 Å². The number of hydrogen-bond acceptors (Lipinski definition) is 3. The second-order valence-electron chi connectivity index (χ2n) is 6.17. The summed E-state index contributed by atoms with van der Waals surface area (Å²) in [4.78, 5) is 9.32. The molecule has 0 spiro atoms. The van der Waals surface area contributed by atoms with Crippen molar-refractivity contribution in [3.63, 3.8) is 0 Å². The molecule has 1 heterocycles. The molecule has 0 amide bonds. The SMILES string of the molecule is Clc1cccc(-c2cnc(NCc3ccccc3)nc2-c2ccccc2)c1. The Morgan fingerprint density at radius 3 is 2.22 bits per heavy atom. The first-order valence-electron chi connectivity index (χ1n) is 8.76. The molecule has 0 aliphatic rings. The van der Waals surface area contributed by atoms with Crippen molar-refractivity contribution in [3.05, 3.63) is 102 Å². The molecule has 0 aliphatic carbocycles. The number of halogens is 1. The van der Waals surface area contributed by atoms with E-state index in [0.29, 0.717) is 17.5 Å². The molecular weight excluding hydrogens is 354 g/mol. The van der Waals surface area contributed by atoms with Gasteiger partial charge >= 0.3 is 0 Å². The number of benzene rings is 3. The third kappa shape index (κ3) is 4.15. The van der Waals surface area contributed by atoms with Crippen molar-refractivity contribution >= 4 is 17.5 Å². The fourth-order valence-corrected chi connectivity index (χ4v) is 3.12. The maximum absolute atomic E-state index is 6.19. The molecule has 27 heavy (non-hydrogen) atoms. The second kappa shape index (κ2) is 8.02. The Kier molecular flexibility index (Phi) is 5.13. The van der Waals surface area contributed by atoms with Gasteiger partial charge in [-0.2, -0.15) is 0 Å². The lowest BCUT2D eigenvalue weighted by Gasteiger charge is -2.12. The van der Waals surface area contributed by atoms with E-state index in [1.165, 1.54) is 5.56 Å². The van der Waals surface area contributed by atoms with Crippen LogP contribution in [0.15, 0.2) is 91.1 Å². The van der Waals surface area contributed by atoms with E-state index >= 15 is 0 Å². The third-order valence-corrected chi connectivity index (χ3v) is 4.50. The molecule has 132 valence electrons. The summed E-state index contributed by atoms with van der Waals surface area (Å²) in [5.74, 6) is 0.600. The molecule has 0 saturated heterocycles. The Morgan fingerprint density at radius 2 is 1.48 bits per heavy atom. The molecule has 1 N–H and O–H groups in total. The van der Waals surface area contributed by atoms with Crippen LogP contribution in [0.2, 0.25) is 5.02 Å². The van der Waals surface area contributed by atoms with Gasteiger partial charge in [-0.3, -0.25) is 0 Å². The summed E-state index contributed by atoms with van der Waals surface area (Å²) >= 11 is 6.19. The molecule has 3 nitrogen and oxygen atoms in total. The molecule has 1 aromatic heterocycles. The third-order valence-electron chi connectivity index (χ3n) is 4.27. The average Bonchev–Trinajstić information content (AvgIpc) is 2.73. The minimum atomic E-state index is 0.600. The standard InChI is InChI=1S/C23H18ClN3/c24-20-13-7-12-19(14-20)21-16-26-23(25-15-17-8-3-1-4-9-17)27-22(21)18-10-5-2-6-11-18/h1-14,16H,15H2,(H,25,26,27). The van der Waals surface area contributed by atoms with E-state index in [4.69, 9.17) is 16.6 Å². The van der Waals surface area contributed by atoms with Gasteiger partial charge in [0.25, 0.3) is 0 Å². The van der Waals surface area contributed by atoms with Gasteiger partial charge in [0.2, 0.25) is 5.95 Å². The molecular formula is C23H18ClN3. The van der Waals surface area contributed by atoms with E-state index < -0.39 is 0 Å². The van der Waals surface area contributed by atoms with Gasteiger partial charge in [0.15, 0.2) is 0 Å². The van der Waals surface area contributed by atoms with E-state index in [1.54, 1.807) is 0 Å². The lowest BCUT2D eigenvalue weighted by molar-refractivity contribution is 1.06. The van der Waals surface area contributed by atoms with Gasteiger partial charge in [-0.05, 0) is 23.3 Å². The second-order valence-corrected chi connectivity index (χ2v) is 6.61. The fourth-order valence-electron chi connectivity index (χ4n) is 2.93. The highest BCUT2D eigenvalue weighted by Gasteiger charge is 2.12. The van der Waals surface area contributed by atoms with E-state index in [1.807, 2.05) is 66.9 Å². The van der Waals surface area contributed by atoms with Crippen LogP contribution in [-0.4, -0.2) is 9.97 Å². The smallest absolute Gasteiger partial charge is 0.223 e. The molecule has 0 unspecified atom stereocenters. The Hall–Kier alpha value is -3.17. The highest BCUT2D eigenvalue weighted by atomic mass is 35.5. The molecule has 0 fully saturated rings. The van der Waals surface area contributed by atoms with Gasteiger partial charge in [-0.15, -0.1) is 0 Å². The lowest BCUT2D eigenvalue weighted by atomic mass is 10.0. The highest BCUT2D eigenvalue weighted by Crippen LogP contribution is 2.32. The van der Waals surface area contributed by atoms with Crippen LogP contribution in [0, 0.1) is 0 Å².